The summed E-state index contributed by atoms with van der Waals surface area (Å²) < 4.78 is 12.7. The van der Waals surface area contributed by atoms with Crippen molar-refractivity contribution < 1.29 is 9.47 Å². The fourth-order valence-electron chi connectivity index (χ4n) is 4.43. The molecule has 0 bridgehead atoms. The molecule has 0 aliphatic carbocycles. The van der Waals surface area contributed by atoms with Crippen LogP contribution in [0.5, 0.6) is 11.5 Å². The number of aryl methyl sites for hydroxylation is 3. The fourth-order valence-corrected chi connectivity index (χ4v) is 4.43. The highest BCUT2D eigenvalue weighted by Crippen LogP contribution is 2.41. The monoisotopic (exact) mass is 441 g/mol. The normalized spacial score (nSPS) is 14.2. The molecular weight excluding hydrogens is 414 g/mol. The SMILES string of the molecule is COc1cc2c(cc1OC)-c1cc(Nc3c(C)cc(C)cc3C)nc(=O)n1[C@H](C)C2.Cl. The molecule has 0 saturated carbocycles. The van der Waals surface area contributed by atoms with Gasteiger partial charge in [0.05, 0.1) is 19.9 Å². The van der Waals surface area contributed by atoms with Gasteiger partial charge in [-0.3, -0.25) is 4.57 Å². The largest absolute Gasteiger partial charge is 0.493 e. The molecule has 3 aromatic rings. The summed E-state index contributed by atoms with van der Waals surface area (Å²) in [6.45, 7) is 8.23. The number of methoxy groups -OCH3 is 2. The van der Waals surface area contributed by atoms with Gasteiger partial charge < -0.3 is 14.8 Å². The molecule has 0 fully saturated rings. The number of rotatable bonds is 4. The third-order valence-corrected chi connectivity index (χ3v) is 5.73. The van der Waals surface area contributed by atoms with Crippen molar-refractivity contribution in [3.63, 3.8) is 0 Å². The lowest BCUT2D eigenvalue weighted by Gasteiger charge is -2.28. The Balaban J connectivity index is 0.00000272. The minimum absolute atomic E-state index is 0. The Labute approximate surface area is 188 Å². The lowest BCUT2D eigenvalue weighted by atomic mass is 9.93. The van der Waals surface area contributed by atoms with Crippen LogP contribution in [0.4, 0.5) is 11.5 Å². The van der Waals surface area contributed by atoms with Crippen molar-refractivity contribution in [3.8, 4) is 22.8 Å². The summed E-state index contributed by atoms with van der Waals surface area (Å²) in [5.41, 5.74) is 7.08. The van der Waals surface area contributed by atoms with Crippen LogP contribution in [-0.2, 0) is 6.42 Å². The molecule has 0 saturated heterocycles. The highest BCUT2D eigenvalue weighted by atomic mass is 35.5. The highest BCUT2D eigenvalue weighted by molar-refractivity contribution is 5.85. The summed E-state index contributed by atoms with van der Waals surface area (Å²) >= 11 is 0. The van der Waals surface area contributed by atoms with E-state index in [1.54, 1.807) is 18.8 Å². The van der Waals surface area contributed by atoms with Crippen LogP contribution in [0.3, 0.4) is 0 Å². The number of anilines is 2. The van der Waals surface area contributed by atoms with Crippen LogP contribution < -0.4 is 20.5 Å². The third-order valence-electron chi connectivity index (χ3n) is 5.73. The lowest BCUT2D eigenvalue weighted by molar-refractivity contribution is 0.354. The standard InChI is InChI=1S/C24H27N3O3.ClH/c1-13-7-14(2)23(15(3)8-13)25-22-12-19-18-11-21(30-6)20(29-5)10-17(18)9-16(4)27(19)24(28)26-22;/h7-8,10-12,16H,9H2,1-6H3,(H,25,26,28);1H/t16-;/m1./s1. The minimum Gasteiger partial charge on any atom is -0.493 e. The molecule has 2 aromatic carbocycles. The topological polar surface area (TPSA) is 65.4 Å². The van der Waals surface area contributed by atoms with E-state index in [4.69, 9.17) is 9.47 Å². The molecule has 0 radical (unpaired) electrons. The average molecular weight is 442 g/mol. The first-order valence-electron chi connectivity index (χ1n) is 10.1. The predicted molar refractivity (Wildman–Crippen MR) is 127 cm³/mol. The van der Waals surface area contributed by atoms with Gasteiger partial charge in [-0.1, -0.05) is 17.7 Å². The van der Waals surface area contributed by atoms with Gasteiger partial charge in [0.2, 0.25) is 0 Å². The first-order valence-corrected chi connectivity index (χ1v) is 10.1. The first kappa shape index (κ1) is 22.7. The van der Waals surface area contributed by atoms with E-state index in [9.17, 15) is 4.79 Å². The maximum absolute atomic E-state index is 13.0. The number of fused-ring (bicyclic) bond motifs is 3. The maximum Gasteiger partial charge on any atom is 0.350 e. The average Bonchev–Trinajstić information content (AvgIpc) is 2.69. The molecule has 1 atom stereocenters. The van der Waals surface area contributed by atoms with E-state index in [1.165, 1.54) is 5.56 Å². The molecule has 7 heteroatoms. The maximum atomic E-state index is 13.0. The van der Waals surface area contributed by atoms with Gasteiger partial charge in [0.1, 0.15) is 5.82 Å². The number of ether oxygens (including phenoxy) is 2. The third kappa shape index (κ3) is 4.00. The Morgan fingerprint density at radius 3 is 2.23 bits per heavy atom. The number of benzene rings is 2. The summed E-state index contributed by atoms with van der Waals surface area (Å²) in [5.74, 6) is 1.87. The molecule has 1 aliphatic rings. The zero-order valence-corrected chi connectivity index (χ0v) is 19.5. The van der Waals surface area contributed by atoms with Crippen LogP contribution >= 0.6 is 12.4 Å². The van der Waals surface area contributed by atoms with Crippen molar-refractivity contribution in [2.45, 2.75) is 40.2 Å². The van der Waals surface area contributed by atoms with Crippen LogP contribution in [0.15, 0.2) is 35.1 Å². The van der Waals surface area contributed by atoms with Crippen LogP contribution in [-0.4, -0.2) is 23.8 Å². The van der Waals surface area contributed by atoms with E-state index in [0.29, 0.717) is 17.3 Å². The fraction of sp³-hybridized carbons (Fsp3) is 0.333. The summed E-state index contributed by atoms with van der Waals surface area (Å²) in [6, 6.07) is 10.1. The van der Waals surface area contributed by atoms with Gasteiger partial charge in [0.15, 0.2) is 11.5 Å². The Morgan fingerprint density at radius 2 is 1.61 bits per heavy atom. The summed E-state index contributed by atoms with van der Waals surface area (Å²) in [6.07, 6.45) is 0.729. The van der Waals surface area contributed by atoms with Crippen molar-refractivity contribution in [3.05, 3.63) is 63.1 Å². The quantitative estimate of drug-likeness (QED) is 0.607. The number of nitrogens with zero attached hydrogens (tertiary/aromatic N) is 2. The Morgan fingerprint density at radius 1 is 1.00 bits per heavy atom. The molecule has 4 rings (SSSR count). The Hall–Kier alpha value is -2.99. The Bertz CT molecular complexity index is 1180. The molecule has 1 aliphatic heterocycles. The molecule has 1 N–H and O–H groups in total. The second-order valence-corrected chi connectivity index (χ2v) is 8.00. The highest BCUT2D eigenvalue weighted by Gasteiger charge is 2.26. The molecule has 6 nitrogen and oxygen atoms in total. The van der Waals surface area contributed by atoms with Crippen molar-refractivity contribution >= 4 is 23.9 Å². The molecule has 0 amide bonds. The van der Waals surface area contributed by atoms with Gasteiger partial charge in [-0.15, -0.1) is 12.4 Å². The van der Waals surface area contributed by atoms with Gasteiger partial charge in [0.25, 0.3) is 0 Å². The number of aromatic nitrogens is 2. The Kier molecular flexibility index (Phi) is 6.32. The number of nitrogens with one attached hydrogen (secondary N) is 1. The molecular formula is C24H28ClN3O3. The van der Waals surface area contributed by atoms with Crippen LogP contribution in [0.25, 0.3) is 11.3 Å². The summed E-state index contributed by atoms with van der Waals surface area (Å²) in [4.78, 5) is 17.3. The van der Waals surface area contributed by atoms with Crippen molar-refractivity contribution in [1.29, 1.82) is 0 Å². The molecule has 0 spiro atoms. The summed E-state index contributed by atoms with van der Waals surface area (Å²) in [5, 5.41) is 3.38. The van der Waals surface area contributed by atoms with E-state index in [0.717, 1.165) is 40.1 Å². The number of hydrogen-bond donors (Lipinski definition) is 1. The molecule has 164 valence electrons. The zero-order valence-electron chi connectivity index (χ0n) is 18.7. The molecule has 31 heavy (non-hydrogen) atoms. The first-order chi connectivity index (χ1) is 14.3. The van der Waals surface area contributed by atoms with E-state index in [2.05, 4.69) is 43.2 Å². The van der Waals surface area contributed by atoms with Crippen LogP contribution in [0.2, 0.25) is 0 Å². The van der Waals surface area contributed by atoms with Crippen molar-refractivity contribution in [2.75, 3.05) is 19.5 Å². The predicted octanol–water partition coefficient (Wildman–Crippen LogP) is 5.14. The van der Waals surface area contributed by atoms with Crippen molar-refractivity contribution in [2.24, 2.45) is 0 Å². The molecule has 1 aromatic heterocycles. The second kappa shape index (κ2) is 8.63. The molecule has 2 heterocycles. The minimum atomic E-state index is -0.259. The summed E-state index contributed by atoms with van der Waals surface area (Å²) in [7, 11) is 3.25. The van der Waals surface area contributed by atoms with Gasteiger partial charge in [-0.2, -0.15) is 4.98 Å². The van der Waals surface area contributed by atoms with Gasteiger partial charge >= 0.3 is 5.69 Å². The second-order valence-electron chi connectivity index (χ2n) is 8.00. The van der Waals surface area contributed by atoms with E-state index in [1.807, 2.05) is 25.1 Å². The van der Waals surface area contributed by atoms with E-state index < -0.39 is 0 Å². The van der Waals surface area contributed by atoms with Crippen molar-refractivity contribution in [1.82, 2.24) is 9.55 Å². The smallest absolute Gasteiger partial charge is 0.350 e. The molecule has 0 unspecified atom stereocenters. The zero-order chi connectivity index (χ0) is 21.6. The van der Waals surface area contributed by atoms with E-state index in [-0.39, 0.29) is 24.1 Å². The van der Waals surface area contributed by atoms with Crippen LogP contribution in [0.1, 0.15) is 35.2 Å². The van der Waals surface area contributed by atoms with E-state index >= 15 is 0 Å². The number of hydrogen-bond acceptors (Lipinski definition) is 5. The van der Waals surface area contributed by atoms with Gasteiger partial charge in [-0.25, -0.2) is 4.79 Å². The number of halogens is 1. The van der Waals surface area contributed by atoms with Gasteiger partial charge in [-0.05, 0) is 62.9 Å². The lowest BCUT2D eigenvalue weighted by Crippen LogP contribution is -2.31. The van der Waals surface area contributed by atoms with Gasteiger partial charge in [0, 0.05) is 23.4 Å². The van der Waals surface area contributed by atoms with Crippen LogP contribution in [0, 0.1) is 20.8 Å².